The number of fused-ring (bicyclic) bond motifs is 2. The highest BCUT2D eigenvalue weighted by molar-refractivity contribution is 6.07. The molecule has 2 heterocycles. The van der Waals surface area contributed by atoms with Gasteiger partial charge in [0.15, 0.2) is 11.2 Å². The van der Waals surface area contributed by atoms with E-state index in [0.717, 1.165) is 10.9 Å². The molecule has 3 rings (SSSR count). The normalized spacial score (nSPS) is 12.5. The van der Waals surface area contributed by atoms with Crippen LogP contribution in [0.1, 0.15) is 19.4 Å². The summed E-state index contributed by atoms with van der Waals surface area (Å²) in [6.45, 7) is 3.42. The molecule has 1 N–H and O–H groups in total. The van der Waals surface area contributed by atoms with Gasteiger partial charge in [0.25, 0.3) is 0 Å². The monoisotopic (exact) mass is 316 g/mol. The Bertz CT molecular complexity index is 945. The van der Waals surface area contributed by atoms with Crippen molar-refractivity contribution in [3.63, 3.8) is 0 Å². The first-order valence-electron chi connectivity index (χ1n) is 6.99. The summed E-state index contributed by atoms with van der Waals surface area (Å²) < 4.78 is 16.2. The summed E-state index contributed by atoms with van der Waals surface area (Å²) in [5.74, 6) is 0.368. The fraction of sp³-hybridized carbons (Fsp3) is 0.235. The largest absolute Gasteiger partial charge is 0.490 e. The minimum absolute atomic E-state index is 0.310. The van der Waals surface area contributed by atoms with Crippen molar-refractivity contribution in [3.8, 4) is 5.75 Å². The maximum atomic E-state index is 11.6. The third kappa shape index (κ3) is 2.62. The quantitative estimate of drug-likeness (QED) is 0.447. The fourth-order valence-corrected chi connectivity index (χ4v) is 2.42. The Labute approximate surface area is 131 Å². The van der Waals surface area contributed by atoms with Gasteiger partial charge in [-0.2, -0.15) is 0 Å². The zero-order chi connectivity index (χ0) is 16.6. The highest BCUT2D eigenvalue weighted by atomic mass is 17.1. The van der Waals surface area contributed by atoms with Crippen molar-refractivity contribution in [3.05, 3.63) is 46.5 Å². The molecule has 0 amide bonds. The molecule has 0 bridgehead atoms. The Morgan fingerprint density at radius 1 is 1.17 bits per heavy atom. The van der Waals surface area contributed by atoms with Crippen molar-refractivity contribution in [1.29, 1.82) is 0 Å². The van der Waals surface area contributed by atoms with Gasteiger partial charge in [-0.15, -0.1) is 0 Å². The van der Waals surface area contributed by atoms with Crippen molar-refractivity contribution >= 4 is 28.0 Å². The zero-order valence-corrected chi connectivity index (χ0v) is 13.0. The molecule has 120 valence electrons. The van der Waals surface area contributed by atoms with Gasteiger partial charge in [0.2, 0.25) is 5.75 Å². The molecule has 23 heavy (non-hydrogen) atoms. The predicted molar refractivity (Wildman–Crippen MR) is 85.6 cm³/mol. The first-order valence-corrected chi connectivity index (χ1v) is 6.99. The summed E-state index contributed by atoms with van der Waals surface area (Å²) in [7, 11) is 1.49. The minimum atomic E-state index is -0.863. The van der Waals surface area contributed by atoms with Crippen LogP contribution in [-0.2, 0) is 4.89 Å². The van der Waals surface area contributed by atoms with Crippen LogP contribution in [0.4, 0.5) is 0 Å². The molecule has 0 radical (unpaired) electrons. The topological polar surface area (TPSA) is 82.0 Å². The molecule has 0 fully saturated rings. The Morgan fingerprint density at radius 3 is 2.61 bits per heavy atom. The van der Waals surface area contributed by atoms with Gasteiger partial charge in [0.05, 0.1) is 13.4 Å². The number of benzene rings is 1. The van der Waals surface area contributed by atoms with Crippen LogP contribution in [0, 0.1) is 0 Å². The van der Waals surface area contributed by atoms with E-state index in [0.29, 0.717) is 22.3 Å². The molecule has 0 atom stereocenters. The summed E-state index contributed by atoms with van der Waals surface area (Å²) in [6, 6.07) is 4.82. The number of methoxy groups -OCH3 is 1. The molecule has 2 aromatic heterocycles. The number of hydrogen-bond donors (Lipinski definition) is 1. The lowest BCUT2D eigenvalue weighted by atomic mass is 10.0. The fourth-order valence-electron chi connectivity index (χ4n) is 2.42. The molecule has 0 unspecified atom stereocenters. The molecule has 0 aliphatic heterocycles. The minimum Gasteiger partial charge on any atom is -0.490 e. The number of hydrogen-bond acceptors (Lipinski definition) is 6. The molecule has 0 spiro atoms. The van der Waals surface area contributed by atoms with E-state index in [2.05, 4.69) is 4.89 Å². The molecular formula is C17H16O6. The van der Waals surface area contributed by atoms with Crippen molar-refractivity contribution in [2.24, 2.45) is 0 Å². The molecule has 6 heteroatoms. The second kappa shape index (κ2) is 5.57. The molecule has 0 aliphatic carbocycles. The summed E-state index contributed by atoms with van der Waals surface area (Å²) in [5, 5.41) is 10.4. The average molecular weight is 316 g/mol. The number of ether oxygens (including phenoxy) is 1. The van der Waals surface area contributed by atoms with E-state index in [4.69, 9.17) is 18.8 Å². The average Bonchev–Trinajstić information content (AvgIpc) is 3.00. The molecular weight excluding hydrogens is 300 g/mol. The second-order valence-corrected chi connectivity index (χ2v) is 5.64. The van der Waals surface area contributed by atoms with Gasteiger partial charge in [-0.05, 0) is 37.6 Å². The van der Waals surface area contributed by atoms with Gasteiger partial charge in [-0.3, -0.25) is 5.26 Å². The van der Waals surface area contributed by atoms with E-state index >= 15 is 0 Å². The standard InChI is InChI=1S/C17H16O6/c1-17(2,23-19)8-6-10-11-4-5-13(18)22-15(11)16(20-3)14-12(10)7-9-21-14/h4-9,19H,1-3H3. The van der Waals surface area contributed by atoms with Crippen molar-refractivity contribution in [1.82, 2.24) is 0 Å². The van der Waals surface area contributed by atoms with Gasteiger partial charge in [0.1, 0.15) is 5.60 Å². The van der Waals surface area contributed by atoms with Gasteiger partial charge in [-0.25, -0.2) is 9.68 Å². The molecule has 0 saturated carbocycles. The number of furan rings is 1. The second-order valence-electron chi connectivity index (χ2n) is 5.64. The van der Waals surface area contributed by atoms with Crippen LogP contribution in [0.3, 0.4) is 0 Å². The lowest BCUT2D eigenvalue weighted by molar-refractivity contribution is -0.296. The Morgan fingerprint density at radius 2 is 1.91 bits per heavy atom. The first kappa shape index (κ1) is 15.3. The molecule has 1 aromatic carbocycles. The van der Waals surface area contributed by atoms with E-state index < -0.39 is 11.2 Å². The summed E-state index contributed by atoms with van der Waals surface area (Å²) >= 11 is 0. The third-order valence-corrected chi connectivity index (χ3v) is 3.58. The molecule has 0 saturated heterocycles. The van der Waals surface area contributed by atoms with Crippen molar-refractivity contribution in [2.45, 2.75) is 19.4 Å². The lowest BCUT2D eigenvalue weighted by Crippen LogP contribution is -2.18. The Balaban J connectivity index is 2.39. The van der Waals surface area contributed by atoms with Crippen LogP contribution in [0.5, 0.6) is 5.75 Å². The summed E-state index contributed by atoms with van der Waals surface area (Å²) in [4.78, 5) is 16.0. The van der Waals surface area contributed by atoms with Gasteiger partial charge < -0.3 is 13.6 Å². The maximum absolute atomic E-state index is 11.6. The lowest BCUT2D eigenvalue weighted by Gasteiger charge is -2.15. The Hall–Kier alpha value is -2.57. The highest BCUT2D eigenvalue weighted by Gasteiger charge is 2.19. The molecule has 3 aromatic rings. The van der Waals surface area contributed by atoms with Gasteiger partial charge >= 0.3 is 5.63 Å². The zero-order valence-electron chi connectivity index (χ0n) is 13.0. The van der Waals surface area contributed by atoms with Gasteiger partial charge in [-0.1, -0.05) is 6.08 Å². The van der Waals surface area contributed by atoms with Crippen molar-refractivity contribution in [2.75, 3.05) is 7.11 Å². The molecule has 6 nitrogen and oxygen atoms in total. The van der Waals surface area contributed by atoms with Crippen LogP contribution >= 0.6 is 0 Å². The van der Waals surface area contributed by atoms with Crippen LogP contribution in [0.2, 0.25) is 0 Å². The van der Waals surface area contributed by atoms with E-state index in [1.165, 1.54) is 19.4 Å². The summed E-state index contributed by atoms with van der Waals surface area (Å²) in [6.07, 6.45) is 5.02. The van der Waals surface area contributed by atoms with E-state index in [1.807, 2.05) is 0 Å². The first-order chi connectivity index (χ1) is 11.0. The van der Waals surface area contributed by atoms with E-state index in [1.54, 1.807) is 38.1 Å². The van der Waals surface area contributed by atoms with Crippen LogP contribution in [-0.4, -0.2) is 18.0 Å². The van der Waals surface area contributed by atoms with Crippen LogP contribution in [0.25, 0.3) is 28.0 Å². The van der Waals surface area contributed by atoms with Crippen LogP contribution in [0.15, 0.2) is 44.2 Å². The highest BCUT2D eigenvalue weighted by Crippen LogP contribution is 2.39. The van der Waals surface area contributed by atoms with E-state index in [-0.39, 0.29) is 0 Å². The smallest absolute Gasteiger partial charge is 0.336 e. The number of rotatable bonds is 4. The maximum Gasteiger partial charge on any atom is 0.336 e. The van der Waals surface area contributed by atoms with Gasteiger partial charge in [0, 0.05) is 16.8 Å². The predicted octanol–water partition coefficient (Wildman–Crippen LogP) is 3.83. The molecule has 0 aliphatic rings. The summed E-state index contributed by atoms with van der Waals surface area (Å²) in [5.41, 5.74) is 0.230. The van der Waals surface area contributed by atoms with Crippen molar-refractivity contribution < 1.29 is 23.7 Å². The van der Waals surface area contributed by atoms with E-state index in [9.17, 15) is 4.79 Å². The Kier molecular flexibility index (Phi) is 3.71. The third-order valence-electron chi connectivity index (χ3n) is 3.58. The van der Waals surface area contributed by atoms with Crippen LogP contribution < -0.4 is 10.4 Å². The SMILES string of the molecule is COc1c2occc2c(C=CC(C)(C)OO)c2ccc(=O)oc12.